The van der Waals surface area contributed by atoms with Gasteiger partial charge in [0.05, 0.1) is 0 Å². The maximum Gasteiger partial charge on any atom is 0.407 e. The first-order chi connectivity index (χ1) is 11.4. The van der Waals surface area contributed by atoms with Crippen LogP contribution in [0.5, 0.6) is 0 Å². The first-order valence-corrected chi connectivity index (χ1v) is 8.37. The van der Waals surface area contributed by atoms with E-state index in [0.29, 0.717) is 19.0 Å². The lowest BCUT2D eigenvalue weighted by molar-refractivity contribution is -0.138. The van der Waals surface area contributed by atoms with Crippen LogP contribution in [-0.2, 0) is 16.1 Å². The zero-order valence-corrected chi connectivity index (χ0v) is 14.3. The maximum atomic E-state index is 12.0. The normalized spacial score (nSPS) is 21.5. The Labute approximate surface area is 142 Å². The van der Waals surface area contributed by atoms with Gasteiger partial charge in [0.25, 0.3) is 0 Å². The Hall–Kier alpha value is -2.08. The average molecular weight is 334 g/mol. The number of alkyl carbamates (subject to hydrolysis) is 1. The molecule has 132 valence electrons. The molecule has 2 unspecified atom stereocenters. The number of ether oxygens (including phenoxy) is 1. The number of benzene rings is 1. The zero-order valence-electron chi connectivity index (χ0n) is 14.3. The predicted molar refractivity (Wildman–Crippen MR) is 90.6 cm³/mol. The van der Waals surface area contributed by atoms with Gasteiger partial charge in [-0.1, -0.05) is 30.3 Å². The molecule has 1 heterocycles. The largest absolute Gasteiger partial charge is 0.481 e. The number of piperidine rings is 1. The number of likely N-dealkylation sites (tertiary alicyclic amines) is 1. The van der Waals surface area contributed by atoms with Crippen molar-refractivity contribution in [2.24, 2.45) is 5.92 Å². The van der Waals surface area contributed by atoms with Crippen molar-refractivity contribution in [2.75, 3.05) is 13.1 Å². The van der Waals surface area contributed by atoms with E-state index in [2.05, 4.69) is 24.1 Å². The summed E-state index contributed by atoms with van der Waals surface area (Å²) >= 11 is 0. The number of carboxylic acid groups (broad SMARTS) is 1. The van der Waals surface area contributed by atoms with Crippen LogP contribution in [0.25, 0.3) is 0 Å². The molecule has 6 heteroatoms. The molecule has 1 amide bonds. The molecule has 1 fully saturated rings. The van der Waals surface area contributed by atoms with Gasteiger partial charge in [-0.05, 0) is 31.7 Å². The first kappa shape index (κ1) is 18.3. The minimum Gasteiger partial charge on any atom is -0.481 e. The Kier molecular flexibility index (Phi) is 6.61. The molecule has 1 aliphatic heterocycles. The van der Waals surface area contributed by atoms with Gasteiger partial charge in [0, 0.05) is 31.6 Å². The van der Waals surface area contributed by atoms with Crippen LogP contribution in [0.3, 0.4) is 0 Å². The van der Waals surface area contributed by atoms with Crippen molar-refractivity contribution in [2.45, 2.75) is 45.4 Å². The second-order valence-electron chi connectivity index (χ2n) is 6.65. The number of nitrogens with zero attached hydrogens (tertiary/aromatic N) is 1. The second-order valence-corrected chi connectivity index (χ2v) is 6.65. The number of nitrogens with one attached hydrogen (secondary N) is 1. The Morgan fingerprint density at radius 2 is 2.00 bits per heavy atom. The van der Waals surface area contributed by atoms with E-state index in [1.165, 1.54) is 0 Å². The third kappa shape index (κ3) is 5.85. The van der Waals surface area contributed by atoms with E-state index in [1.54, 1.807) is 0 Å². The number of rotatable bonds is 6. The maximum absolute atomic E-state index is 12.0. The monoisotopic (exact) mass is 334 g/mol. The van der Waals surface area contributed by atoms with Crippen molar-refractivity contribution in [1.29, 1.82) is 0 Å². The SMILES string of the molecule is CC(C)N1CC(CC(=O)O)CC(NC(=O)OCc2ccccc2)C1. The fraction of sp³-hybridized carbons (Fsp3) is 0.556. The Morgan fingerprint density at radius 3 is 2.62 bits per heavy atom. The van der Waals surface area contributed by atoms with Gasteiger partial charge in [0.2, 0.25) is 0 Å². The highest BCUT2D eigenvalue weighted by Gasteiger charge is 2.30. The second kappa shape index (κ2) is 8.68. The number of carbonyl (C=O) groups excluding carboxylic acids is 1. The number of amides is 1. The number of carbonyl (C=O) groups is 2. The summed E-state index contributed by atoms with van der Waals surface area (Å²) in [4.78, 5) is 25.2. The van der Waals surface area contributed by atoms with Gasteiger partial charge in [0.15, 0.2) is 0 Å². The Bertz CT molecular complexity index is 547. The molecule has 24 heavy (non-hydrogen) atoms. The molecule has 2 rings (SSSR count). The molecule has 1 aromatic carbocycles. The van der Waals surface area contributed by atoms with Gasteiger partial charge >= 0.3 is 12.1 Å². The number of carboxylic acids is 1. The van der Waals surface area contributed by atoms with Crippen molar-refractivity contribution >= 4 is 12.1 Å². The molecule has 2 atom stereocenters. The number of hydrogen-bond donors (Lipinski definition) is 2. The van der Waals surface area contributed by atoms with Crippen molar-refractivity contribution in [3.63, 3.8) is 0 Å². The lowest BCUT2D eigenvalue weighted by Crippen LogP contribution is -2.53. The van der Waals surface area contributed by atoms with Gasteiger partial charge in [-0.25, -0.2) is 4.79 Å². The molecule has 1 saturated heterocycles. The number of aliphatic carboxylic acids is 1. The van der Waals surface area contributed by atoms with Crippen molar-refractivity contribution < 1.29 is 19.4 Å². The van der Waals surface area contributed by atoms with Gasteiger partial charge in [0.1, 0.15) is 6.61 Å². The summed E-state index contributed by atoms with van der Waals surface area (Å²) < 4.78 is 5.26. The molecule has 0 aliphatic carbocycles. The van der Waals surface area contributed by atoms with Crippen LogP contribution in [0.2, 0.25) is 0 Å². The quantitative estimate of drug-likeness (QED) is 0.835. The summed E-state index contributed by atoms with van der Waals surface area (Å²) in [5.74, 6) is -0.755. The third-order valence-electron chi connectivity index (χ3n) is 4.29. The van der Waals surface area contributed by atoms with Crippen LogP contribution in [0, 0.1) is 5.92 Å². The lowest BCUT2D eigenvalue weighted by atomic mass is 9.91. The van der Waals surface area contributed by atoms with E-state index in [-0.39, 0.29) is 25.0 Å². The fourth-order valence-corrected chi connectivity index (χ4v) is 3.09. The van der Waals surface area contributed by atoms with E-state index >= 15 is 0 Å². The predicted octanol–water partition coefficient (Wildman–Crippen LogP) is 2.49. The van der Waals surface area contributed by atoms with Gasteiger partial charge in [-0.3, -0.25) is 9.69 Å². The van der Waals surface area contributed by atoms with Crippen molar-refractivity contribution in [3.05, 3.63) is 35.9 Å². The molecule has 2 N–H and O–H groups in total. The minimum atomic E-state index is -0.795. The van der Waals surface area contributed by atoms with Crippen molar-refractivity contribution in [3.8, 4) is 0 Å². The summed E-state index contributed by atoms with van der Waals surface area (Å²) in [6, 6.07) is 9.73. The molecule has 6 nitrogen and oxygen atoms in total. The highest BCUT2D eigenvalue weighted by molar-refractivity contribution is 5.68. The molecule has 0 saturated carbocycles. The lowest BCUT2D eigenvalue weighted by Gasteiger charge is -2.39. The van der Waals surface area contributed by atoms with Crippen LogP contribution >= 0.6 is 0 Å². The summed E-state index contributed by atoms with van der Waals surface area (Å²) in [7, 11) is 0. The smallest absolute Gasteiger partial charge is 0.407 e. The van der Waals surface area contributed by atoms with Crippen LogP contribution in [-0.4, -0.2) is 47.2 Å². The number of hydrogen-bond acceptors (Lipinski definition) is 4. The van der Waals surface area contributed by atoms with E-state index in [1.807, 2.05) is 30.3 Å². The molecule has 1 aromatic rings. The zero-order chi connectivity index (χ0) is 17.5. The Morgan fingerprint density at radius 1 is 1.29 bits per heavy atom. The Balaban J connectivity index is 1.86. The molecule has 0 spiro atoms. The summed E-state index contributed by atoms with van der Waals surface area (Å²) in [5, 5.41) is 11.9. The summed E-state index contributed by atoms with van der Waals surface area (Å²) in [6.07, 6.45) is 0.333. The van der Waals surface area contributed by atoms with Gasteiger partial charge in [-0.15, -0.1) is 0 Å². The standard InChI is InChI=1S/C18H26N2O4/c1-13(2)20-10-15(9-17(21)22)8-16(11-20)19-18(23)24-12-14-6-4-3-5-7-14/h3-7,13,15-16H,8-12H2,1-2H3,(H,19,23)(H,21,22). The topological polar surface area (TPSA) is 78.9 Å². The molecular weight excluding hydrogens is 308 g/mol. The van der Waals surface area contributed by atoms with E-state index in [9.17, 15) is 9.59 Å². The molecule has 0 bridgehead atoms. The van der Waals surface area contributed by atoms with E-state index in [4.69, 9.17) is 9.84 Å². The van der Waals surface area contributed by atoms with Crippen LogP contribution < -0.4 is 5.32 Å². The van der Waals surface area contributed by atoms with E-state index in [0.717, 1.165) is 12.1 Å². The van der Waals surface area contributed by atoms with E-state index < -0.39 is 12.1 Å². The molecule has 0 radical (unpaired) electrons. The highest BCUT2D eigenvalue weighted by Crippen LogP contribution is 2.22. The third-order valence-corrected chi connectivity index (χ3v) is 4.29. The van der Waals surface area contributed by atoms with Gasteiger partial charge < -0.3 is 15.2 Å². The minimum absolute atomic E-state index is 0.0399. The molecule has 1 aliphatic rings. The van der Waals surface area contributed by atoms with Crippen LogP contribution in [0.4, 0.5) is 4.79 Å². The van der Waals surface area contributed by atoms with Crippen LogP contribution in [0.15, 0.2) is 30.3 Å². The molecular formula is C18H26N2O4. The highest BCUT2D eigenvalue weighted by atomic mass is 16.5. The van der Waals surface area contributed by atoms with Gasteiger partial charge in [-0.2, -0.15) is 0 Å². The molecule has 0 aromatic heterocycles. The van der Waals surface area contributed by atoms with Crippen LogP contribution in [0.1, 0.15) is 32.3 Å². The first-order valence-electron chi connectivity index (χ1n) is 8.37. The summed E-state index contributed by atoms with van der Waals surface area (Å²) in [5.41, 5.74) is 0.934. The van der Waals surface area contributed by atoms with Crippen molar-refractivity contribution in [1.82, 2.24) is 10.2 Å². The fourth-order valence-electron chi connectivity index (χ4n) is 3.09. The summed E-state index contributed by atoms with van der Waals surface area (Å²) in [6.45, 7) is 5.85. The average Bonchev–Trinajstić information content (AvgIpc) is 2.53.